The van der Waals surface area contributed by atoms with Crippen LogP contribution in [-0.4, -0.2) is 14.2 Å². The number of methoxy groups -OCH3 is 2. The molecule has 6 rings (SSSR count). The van der Waals surface area contributed by atoms with Crippen molar-refractivity contribution in [3.63, 3.8) is 0 Å². The highest BCUT2D eigenvalue weighted by molar-refractivity contribution is 5.82. The molecular formula is C32H24O6. The Labute approximate surface area is 218 Å². The summed E-state index contributed by atoms with van der Waals surface area (Å²) in [6, 6.07) is 33.3. The standard InChI is InChI=1S/2C16H12O3/c2*1-18-16-14(17)12-9-5-6-10-13(12)19-15(16)11-7-3-2-4-8-11/h2*2-10H,1H3. The number of hydrogen-bond donors (Lipinski definition) is 0. The van der Waals surface area contributed by atoms with Gasteiger partial charge in [0.05, 0.1) is 25.0 Å². The van der Waals surface area contributed by atoms with Crippen molar-refractivity contribution in [3.05, 3.63) is 130 Å². The van der Waals surface area contributed by atoms with Crippen molar-refractivity contribution < 1.29 is 18.3 Å². The Kier molecular flexibility index (Phi) is 7.04. The van der Waals surface area contributed by atoms with E-state index in [-0.39, 0.29) is 22.4 Å². The number of ether oxygens (including phenoxy) is 2. The zero-order chi connectivity index (χ0) is 26.5. The van der Waals surface area contributed by atoms with E-state index in [1.165, 1.54) is 14.2 Å². The van der Waals surface area contributed by atoms with Crippen LogP contribution >= 0.6 is 0 Å². The van der Waals surface area contributed by atoms with Crippen molar-refractivity contribution >= 4 is 21.9 Å². The topological polar surface area (TPSA) is 78.9 Å². The zero-order valence-corrected chi connectivity index (χ0v) is 20.8. The highest BCUT2D eigenvalue weighted by Crippen LogP contribution is 2.31. The molecule has 2 heterocycles. The zero-order valence-electron chi connectivity index (χ0n) is 20.8. The van der Waals surface area contributed by atoms with E-state index in [4.69, 9.17) is 18.3 Å². The smallest absolute Gasteiger partial charge is 0.235 e. The Morgan fingerprint density at radius 1 is 0.474 bits per heavy atom. The number of rotatable bonds is 4. The molecule has 4 aromatic carbocycles. The molecule has 6 nitrogen and oxygen atoms in total. The minimum Gasteiger partial charge on any atom is -0.490 e. The lowest BCUT2D eigenvalue weighted by Crippen LogP contribution is -2.07. The van der Waals surface area contributed by atoms with E-state index in [1.54, 1.807) is 36.4 Å². The van der Waals surface area contributed by atoms with Gasteiger partial charge in [0, 0.05) is 11.1 Å². The van der Waals surface area contributed by atoms with Gasteiger partial charge in [-0.05, 0) is 24.3 Å². The summed E-state index contributed by atoms with van der Waals surface area (Å²) >= 11 is 0. The molecule has 0 N–H and O–H groups in total. The van der Waals surface area contributed by atoms with Crippen LogP contribution in [0.1, 0.15) is 0 Å². The average Bonchev–Trinajstić information content (AvgIpc) is 2.98. The average molecular weight is 505 g/mol. The number of para-hydroxylation sites is 2. The van der Waals surface area contributed by atoms with E-state index in [0.717, 1.165) is 11.1 Å². The Morgan fingerprint density at radius 2 is 0.816 bits per heavy atom. The normalized spacial score (nSPS) is 10.6. The molecular weight excluding hydrogens is 480 g/mol. The lowest BCUT2D eigenvalue weighted by atomic mass is 10.1. The molecule has 38 heavy (non-hydrogen) atoms. The van der Waals surface area contributed by atoms with Gasteiger partial charge in [0.2, 0.25) is 22.4 Å². The first-order valence-electron chi connectivity index (χ1n) is 11.9. The van der Waals surface area contributed by atoms with Gasteiger partial charge >= 0.3 is 0 Å². The number of benzene rings is 4. The van der Waals surface area contributed by atoms with Gasteiger partial charge in [0.15, 0.2) is 11.5 Å². The molecule has 188 valence electrons. The van der Waals surface area contributed by atoms with E-state index in [1.807, 2.05) is 72.8 Å². The van der Waals surface area contributed by atoms with Gasteiger partial charge in [0.25, 0.3) is 0 Å². The van der Waals surface area contributed by atoms with Gasteiger partial charge in [-0.15, -0.1) is 0 Å². The van der Waals surface area contributed by atoms with E-state index in [9.17, 15) is 9.59 Å². The summed E-state index contributed by atoms with van der Waals surface area (Å²) in [7, 11) is 2.96. The second-order valence-electron chi connectivity index (χ2n) is 8.31. The van der Waals surface area contributed by atoms with E-state index in [0.29, 0.717) is 33.5 Å². The van der Waals surface area contributed by atoms with Crippen LogP contribution in [0.15, 0.2) is 128 Å². The predicted octanol–water partition coefficient (Wildman–Crippen LogP) is 6.94. The number of hydrogen-bond acceptors (Lipinski definition) is 6. The fraction of sp³-hybridized carbons (Fsp3) is 0.0625. The summed E-state index contributed by atoms with van der Waals surface area (Å²) in [6.45, 7) is 0. The van der Waals surface area contributed by atoms with Gasteiger partial charge in [-0.3, -0.25) is 9.59 Å². The molecule has 0 saturated carbocycles. The van der Waals surface area contributed by atoms with E-state index >= 15 is 0 Å². The lowest BCUT2D eigenvalue weighted by molar-refractivity contribution is 0.398. The molecule has 0 aliphatic heterocycles. The molecule has 0 aliphatic carbocycles. The Balaban J connectivity index is 0.000000155. The third-order valence-electron chi connectivity index (χ3n) is 5.99. The van der Waals surface area contributed by atoms with Crippen molar-refractivity contribution in [2.24, 2.45) is 0 Å². The molecule has 0 atom stereocenters. The van der Waals surface area contributed by atoms with Gasteiger partial charge in [0.1, 0.15) is 11.2 Å². The van der Waals surface area contributed by atoms with Crippen LogP contribution in [0, 0.1) is 0 Å². The summed E-state index contributed by atoms with van der Waals surface area (Å²) in [5.74, 6) is 1.41. The molecule has 0 saturated heterocycles. The second-order valence-corrected chi connectivity index (χ2v) is 8.31. The van der Waals surface area contributed by atoms with Crippen LogP contribution in [0.5, 0.6) is 11.5 Å². The first kappa shape index (κ1) is 24.6. The molecule has 0 aliphatic rings. The van der Waals surface area contributed by atoms with Gasteiger partial charge in [-0.25, -0.2) is 0 Å². The van der Waals surface area contributed by atoms with Gasteiger partial charge < -0.3 is 18.3 Å². The summed E-state index contributed by atoms with van der Waals surface area (Å²) in [5.41, 5.74) is 2.47. The SMILES string of the molecule is COc1c(-c2ccccc2)oc2ccccc2c1=O.COc1c(-c2ccccc2)oc2ccccc2c1=O. The summed E-state index contributed by atoms with van der Waals surface area (Å²) in [5, 5.41) is 1.05. The van der Waals surface area contributed by atoms with Crippen LogP contribution in [0.4, 0.5) is 0 Å². The molecule has 0 fully saturated rings. The Hall–Kier alpha value is -5.10. The maximum Gasteiger partial charge on any atom is 0.235 e. The van der Waals surface area contributed by atoms with Crippen molar-refractivity contribution in [3.8, 4) is 34.1 Å². The Morgan fingerprint density at radius 3 is 1.18 bits per heavy atom. The fourth-order valence-electron chi connectivity index (χ4n) is 4.18. The molecule has 2 aromatic heterocycles. The molecule has 0 spiro atoms. The first-order chi connectivity index (χ1) is 18.6. The fourth-order valence-corrected chi connectivity index (χ4v) is 4.18. The molecule has 6 heteroatoms. The molecule has 0 bridgehead atoms. The van der Waals surface area contributed by atoms with Crippen LogP contribution in [0.25, 0.3) is 44.6 Å². The summed E-state index contributed by atoms with van der Waals surface area (Å²) in [6.07, 6.45) is 0. The van der Waals surface area contributed by atoms with Crippen LogP contribution in [0.2, 0.25) is 0 Å². The van der Waals surface area contributed by atoms with E-state index in [2.05, 4.69) is 0 Å². The maximum atomic E-state index is 12.4. The third-order valence-corrected chi connectivity index (χ3v) is 5.99. The minimum atomic E-state index is -0.150. The van der Waals surface area contributed by atoms with Crippen molar-refractivity contribution in [2.45, 2.75) is 0 Å². The first-order valence-corrected chi connectivity index (χ1v) is 11.9. The van der Waals surface area contributed by atoms with Crippen molar-refractivity contribution in [1.82, 2.24) is 0 Å². The Bertz CT molecular complexity index is 1680. The second kappa shape index (κ2) is 10.9. The highest BCUT2D eigenvalue weighted by Gasteiger charge is 2.17. The van der Waals surface area contributed by atoms with Crippen LogP contribution in [0.3, 0.4) is 0 Å². The molecule has 6 aromatic rings. The van der Waals surface area contributed by atoms with E-state index < -0.39 is 0 Å². The molecule has 0 amide bonds. The van der Waals surface area contributed by atoms with Crippen LogP contribution < -0.4 is 20.3 Å². The third kappa shape index (κ3) is 4.67. The quantitative estimate of drug-likeness (QED) is 0.259. The summed E-state index contributed by atoms with van der Waals surface area (Å²) < 4.78 is 22.1. The highest BCUT2D eigenvalue weighted by atomic mass is 16.5. The lowest BCUT2D eigenvalue weighted by Gasteiger charge is -2.08. The minimum absolute atomic E-state index is 0.150. The van der Waals surface area contributed by atoms with Crippen molar-refractivity contribution in [1.29, 1.82) is 0 Å². The monoisotopic (exact) mass is 504 g/mol. The van der Waals surface area contributed by atoms with Crippen molar-refractivity contribution in [2.75, 3.05) is 14.2 Å². The molecule has 0 radical (unpaired) electrons. The predicted molar refractivity (Wildman–Crippen MR) is 149 cm³/mol. The number of fused-ring (bicyclic) bond motifs is 2. The largest absolute Gasteiger partial charge is 0.490 e. The maximum absolute atomic E-state index is 12.4. The van der Waals surface area contributed by atoms with Crippen LogP contribution in [-0.2, 0) is 0 Å². The molecule has 0 unspecified atom stereocenters. The van der Waals surface area contributed by atoms with Gasteiger partial charge in [-0.2, -0.15) is 0 Å². The summed E-state index contributed by atoms with van der Waals surface area (Å²) in [4.78, 5) is 24.7. The van der Waals surface area contributed by atoms with Gasteiger partial charge in [-0.1, -0.05) is 84.9 Å².